The number of ether oxygens (including phenoxy) is 1. The highest BCUT2D eigenvalue weighted by Crippen LogP contribution is 2.14. The lowest BCUT2D eigenvalue weighted by atomic mass is 10.1. The molecule has 6 heteroatoms. The highest BCUT2D eigenvalue weighted by molar-refractivity contribution is 5.81. The Hall–Kier alpha value is -2.21. The zero-order valence-electron chi connectivity index (χ0n) is 11.0. The van der Waals surface area contributed by atoms with E-state index in [1.165, 1.54) is 6.33 Å². The van der Waals surface area contributed by atoms with Gasteiger partial charge in [0.15, 0.2) is 0 Å². The molecule has 1 amide bonds. The lowest BCUT2D eigenvalue weighted by molar-refractivity contribution is -0.130. The lowest BCUT2D eigenvalue weighted by Crippen LogP contribution is -2.33. The van der Waals surface area contributed by atoms with Gasteiger partial charge >= 0.3 is 0 Å². The van der Waals surface area contributed by atoms with E-state index in [1.807, 2.05) is 24.3 Å². The lowest BCUT2D eigenvalue weighted by Gasteiger charge is -2.12. The summed E-state index contributed by atoms with van der Waals surface area (Å²) in [5.41, 5.74) is 1.90. The van der Waals surface area contributed by atoms with Crippen molar-refractivity contribution in [3.8, 4) is 5.69 Å². The maximum absolute atomic E-state index is 11.9. The van der Waals surface area contributed by atoms with E-state index in [-0.39, 0.29) is 12.0 Å². The molecule has 0 unspecified atom stereocenters. The van der Waals surface area contributed by atoms with Gasteiger partial charge in [0, 0.05) is 13.2 Å². The zero-order chi connectivity index (χ0) is 13.8. The van der Waals surface area contributed by atoms with Crippen LogP contribution >= 0.6 is 0 Å². The summed E-state index contributed by atoms with van der Waals surface area (Å²) in [6, 6.07) is 7.78. The molecule has 1 aromatic heterocycles. The van der Waals surface area contributed by atoms with Crippen molar-refractivity contribution in [1.29, 1.82) is 0 Å². The van der Waals surface area contributed by atoms with E-state index in [2.05, 4.69) is 15.4 Å². The fraction of sp³-hybridized carbons (Fsp3) is 0.357. The van der Waals surface area contributed by atoms with Crippen LogP contribution in [0.1, 0.15) is 18.4 Å². The van der Waals surface area contributed by atoms with Gasteiger partial charge in [-0.25, -0.2) is 9.67 Å². The number of aromatic nitrogens is 3. The van der Waals surface area contributed by atoms with Crippen molar-refractivity contribution >= 4 is 5.91 Å². The Morgan fingerprint density at radius 2 is 2.35 bits per heavy atom. The van der Waals surface area contributed by atoms with E-state index in [9.17, 15) is 4.79 Å². The molecular formula is C14H16N4O2. The van der Waals surface area contributed by atoms with Gasteiger partial charge in [0.2, 0.25) is 5.91 Å². The predicted molar refractivity (Wildman–Crippen MR) is 72.2 cm³/mol. The largest absolute Gasteiger partial charge is 0.368 e. The van der Waals surface area contributed by atoms with Crippen LogP contribution in [-0.2, 0) is 16.1 Å². The molecule has 1 aliphatic heterocycles. The SMILES string of the molecule is O=C(NCc1ccccc1-n1cncn1)[C@H]1CCCO1. The second kappa shape index (κ2) is 5.83. The third-order valence-corrected chi connectivity index (χ3v) is 3.33. The smallest absolute Gasteiger partial charge is 0.249 e. The monoisotopic (exact) mass is 272 g/mol. The molecule has 2 heterocycles. The van der Waals surface area contributed by atoms with Crippen LogP contribution in [0.2, 0.25) is 0 Å². The second-order valence-corrected chi connectivity index (χ2v) is 4.69. The fourth-order valence-electron chi connectivity index (χ4n) is 2.30. The van der Waals surface area contributed by atoms with Gasteiger partial charge in [-0.05, 0) is 24.5 Å². The molecule has 0 spiro atoms. The standard InChI is InChI=1S/C14H16N4O2/c19-14(13-6-3-7-20-13)16-8-11-4-1-2-5-12(11)18-10-15-9-17-18/h1-2,4-5,9-10,13H,3,6-8H2,(H,16,19)/t13-/m1/s1. The molecule has 1 N–H and O–H groups in total. The van der Waals surface area contributed by atoms with Gasteiger partial charge in [-0.15, -0.1) is 0 Å². The molecule has 1 fully saturated rings. The molecule has 104 valence electrons. The Morgan fingerprint density at radius 1 is 1.45 bits per heavy atom. The summed E-state index contributed by atoms with van der Waals surface area (Å²) in [7, 11) is 0. The normalized spacial score (nSPS) is 18.1. The number of carbonyl (C=O) groups excluding carboxylic acids is 1. The average Bonchev–Trinajstić information content (AvgIpc) is 3.17. The Kier molecular flexibility index (Phi) is 3.73. The topological polar surface area (TPSA) is 69.0 Å². The van der Waals surface area contributed by atoms with Gasteiger partial charge in [0.05, 0.1) is 5.69 Å². The summed E-state index contributed by atoms with van der Waals surface area (Å²) in [6.07, 6.45) is 4.58. The van der Waals surface area contributed by atoms with Gasteiger partial charge in [-0.2, -0.15) is 5.10 Å². The quantitative estimate of drug-likeness (QED) is 0.903. The molecule has 0 bridgehead atoms. The van der Waals surface area contributed by atoms with Crippen LogP contribution in [0.15, 0.2) is 36.9 Å². The second-order valence-electron chi connectivity index (χ2n) is 4.69. The zero-order valence-corrected chi connectivity index (χ0v) is 11.0. The highest BCUT2D eigenvalue weighted by Gasteiger charge is 2.23. The number of hydrogen-bond donors (Lipinski definition) is 1. The summed E-state index contributed by atoms with van der Waals surface area (Å²) >= 11 is 0. The van der Waals surface area contributed by atoms with Crippen LogP contribution in [-0.4, -0.2) is 33.4 Å². The van der Waals surface area contributed by atoms with Crippen molar-refractivity contribution in [2.24, 2.45) is 0 Å². The molecule has 1 aromatic carbocycles. The van der Waals surface area contributed by atoms with Crippen molar-refractivity contribution < 1.29 is 9.53 Å². The third kappa shape index (κ3) is 2.70. The van der Waals surface area contributed by atoms with Gasteiger partial charge in [-0.1, -0.05) is 18.2 Å². The molecular weight excluding hydrogens is 256 g/mol. The Labute approximate surface area is 116 Å². The number of nitrogens with zero attached hydrogens (tertiary/aromatic N) is 3. The molecule has 6 nitrogen and oxygen atoms in total. The summed E-state index contributed by atoms with van der Waals surface area (Å²) in [5, 5.41) is 7.04. The molecule has 1 saturated heterocycles. The molecule has 0 saturated carbocycles. The van der Waals surface area contributed by atoms with Gasteiger partial charge in [0.25, 0.3) is 0 Å². The molecule has 1 aliphatic rings. The number of rotatable bonds is 4. The van der Waals surface area contributed by atoms with E-state index in [0.717, 1.165) is 24.1 Å². The van der Waals surface area contributed by atoms with Crippen LogP contribution in [0.4, 0.5) is 0 Å². The van der Waals surface area contributed by atoms with E-state index < -0.39 is 0 Å². The van der Waals surface area contributed by atoms with Crippen LogP contribution < -0.4 is 5.32 Å². The number of carbonyl (C=O) groups is 1. The molecule has 3 rings (SSSR count). The van der Waals surface area contributed by atoms with E-state index in [4.69, 9.17) is 4.74 Å². The number of benzene rings is 1. The van der Waals surface area contributed by atoms with Crippen LogP contribution in [0, 0.1) is 0 Å². The minimum Gasteiger partial charge on any atom is -0.368 e. The molecule has 20 heavy (non-hydrogen) atoms. The Bertz CT molecular complexity index is 577. The molecule has 0 radical (unpaired) electrons. The molecule has 1 atom stereocenters. The highest BCUT2D eigenvalue weighted by atomic mass is 16.5. The predicted octanol–water partition coefficient (Wildman–Crippen LogP) is 1.06. The van der Waals surface area contributed by atoms with E-state index in [1.54, 1.807) is 11.0 Å². The summed E-state index contributed by atoms with van der Waals surface area (Å²) < 4.78 is 7.05. The Balaban J connectivity index is 1.70. The minimum absolute atomic E-state index is 0.0455. The summed E-state index contributed by atoms with van der Waals surface area (Å²) in [5.74, 6) is -0.0455. The number of hydrogen-bond acceptors (Lipinski definition) is 4. The number of nitrogens with one attached hydrogen (secondary N) is 1. The Morgan fingerprint density at radius 3 is 3.10 bits per heavy atom. The number of para-hydroxylation sites is 1. The maximum atomic E-state index is 11.9. The maximum Gasteiger partial charge on any atom is 0.249 e. The first-order chi connectivity index (χ1) is 9.84. The van der Waals surface area contributed by atoms with Crippen LogP contribution in [0.3, 0.4) is 0 Å². The first-order valence-corrected chi connectivity index (χ1v) is 6.67. The first-order valence-electron chi connectivity index (χ1n) is 6.67. The minimum atomic E-state index is -0.298. The van der Waals surface area contributed by atoms with Gasteiger partial charge < -0.3 is 10.1 Å². The van der Waals surface area contributed by atoms with Gasteiger partial charge in [-0.3, -0.25) is 4.79 Å². The summed E-state index contributed by atoms with van der Waals surface area (Å²) in [4.78, 5) is 15.9. The van der Waals surface area contributed by atoms with E-state index >= 15 is 0 Å². The fourth-order valence-corrected chi connectivity index (χ4v) is 2.30. The van der Waals surface area contributed by atoms with Gasteiger partial charge in [0.1, 0.15) is 18.8 Å². The molecule has 2 aromatic rings. The van der Waals surface area contributed by atoms with Crippen molar-refractivity contribution in [1.82, 2.24) is 20.1 Å². The first kappa shape index (κ1) is 12.8. The van der Waals surface area contributed by atoms with Crippen molar-refractivity contribution in [3.05, 3.63) is 42.5 Å². The van der Waals surface area contributed by atoms with Crippen molar-refractivity contribution in [2.75, 3.05) is 6.61 Å². The van der Waals surface area contributed by atoms with Crippen LogP contribution in [0.25, 0.3) is 5.69 Å². The molecule has 0 aliphatic carbocycles. The third-order valence-electron chi connectivity index (χ3n) is 3.33. The number of amides is 1. The van der Waals surface area contributed by atoms with Crippen LogP contribution in [0.5, 0.6) is 0 Å². The average molecular weight is 272 g/mol. The van der Waals surface area contributed by atoms with Crippen molar-refractivity contribution in [3.63, 3.8) is 0 Å². The van der Waals surface area contributed by atoms with E-state index in [0.29, 0.717) is 13.2 Å². The summed E-state index contributed by atoms with van der Waals surface area (Å²) in [6.45, 7) is 1.13. The van der Waals surface area contributed by atoms with Crippen molar-refractivity contribution in [2.45, 2.75) is 25.5 Å².